The molecule has 3 nitrogen and oxygen atoms in total. The summed E-state index contributed by atoms with van der Waals surface area (Å²) in [5, 5.41) is 2.14. The Kier molecular flexibility index (Phi) is 5.75. The summed E-state index contributed by atoms with van der Waals surface area (Å²) >= 11 is 0. The average Bonchev–Trinajstić information content (AvgIpc) is 3.11. The van der Waals surface area contributed by atoms with E-state index in [1.165, 1.54) is 0 Å². The lowest BCUT2D eigenvalue weighted by atomic mass is 9.96. The van der Waals surface area contributed by atoms with Gasteiger partial charge in [0, 0.05) is 36.3 Å². The van der Waals surface area contributed by atoms with E-state index in [0.717, 1.165) is 46.3 Å². The lowest BCUT2D eigenvalue weighted by Gasteiger charge is -2.25. The number of fused-ring (bicyclic) bond motifs is 3. The molecule has 8 heteroatoms. The number of nitrogens with zero attached hydrogens (tertiary/aromatic N) is 1. The van der Waals surface area contributed by atoms with Crippen LogP contribution in [-0.2, 0) is 6.42 Å². The number of hydrogen-bond donors (Lipinski definition) is 1. The predicted molar refractivity (Wildman–Crippen MR) is 109 cm³/mol. The van der Waals surface area contributed by atoms with E-state index in [-0.39, 0.29) is 19.0 Å². The van der Waals surface area contributed by atoms with Crippen LogP contribution < -0.4 is 15.4 Å². The third-order valence-corrected chi connectivity index (χ3v) is 5.41. The van der Waals surface area contributed by atoms with Crippen LogP contribution in [0, 0.1) is 17.5 Å². The van der Waals surface area contributed by atoms with E-state index in [2.05, 4.69) is 0 Å². The minimum atomic E-state index is -2.59. The van der Waals surface area contributed by atoms with Crippen molar-refractivity contribution in [2.75, 3.05) is 24.6 Å². The van der Waals surface area contributed by atoms with Gasteiger partial charge in [0.15, 0.2) is 11.6 Å². The molecule has 164 valence electrons. The van der Waals surface area contributed by atoms with Crippen molar-refractivity contribution in [2.24, 2.45) is 5.73 Å². The van der Waals surface area contributed by atoms with E-state index < -0.39 is 23.4 Å². The third-order valence-electron chi connectivity index (χ3n) is 5.41. The molecule has 1 unspecified atom stereocenters. The van der Waals surface area contributed by atoms with Crippen LogP contribution in [0.1, 0.15) is 12.0 Å². The van der Waals surface area contributed by atoms with Gasteiger partial charge in [0.05, 0.1) is 6.54 Å². The van der Waals surface area contributed by atoms with Gasteiger partial charge in [-0.25, -0.2) is 22.0 Å². The number of alkyl halides is 2. The Bertz CT molecular complexity index is 1100. The highest BCUT2D eigenvalue weighted by Gasteiger charge is 2.38. The number of halogens is 5. The molecule has 2 aliphatic heterocycles. The van der Waals surface area contributed by atoms with Gasteiger partial charge in [0.1, 0.15) is 18.2 Å². The molecule has 0 bridgehead atoms. The lowest BCUT2D eigenvalue weighted by Crippen LogP contribution is -2.33. The SMILES string of the molecule is Fc1ccc(F)c(F)c1.NC1COc2ccc3ccc(N4CCC(F)(F)C4)cc3c2C1. The fraction of sp³-hybridized carbons (Fsp3) is 0.304. The highest BCUT2D eigenvalue weighted by atomic mass is 19.3. The molecule has 2 heterocycles. The maximum Gasteiger partial charge on any atom is 0.266 e. The molecule has 5 rings (SSSR count). The molecule has 0 saturated carbocycles. The standard InChI is InChI=1S/C17H18F2N2O.C6H3F3/c18-17(19)5-6-21(10-17)13-3-1-11-2-4-16-15(14(11)8-13)7-12(20)9-22-16;7-4-1-2-5(8)6(9)3-4/h1-4,8,12H,5-7,9-10,20H2;1-3H. The van der Waals surface area contributed by atoms with Gasteiger partial charge < -0.3 is 15.4 Å². The summed E-state index contributed by atoms with van der Waals surface area (Å²) in [6.45, 7) is 0.712. The molecule has 0 aromatic heterocycles. The number of anilines is 1. The van der Waals surface area contributed by atoms with E-state index in [9.17, 15) is 22.0 Å². The minimum absolute atomic E-state index is 0.0159. The van der Waals surface area contributed by atoms with Crippen LogP contribution in [-0.4, -0.2) is 31.7 Å². The monoisotopic (exact) mass is 436 g/mol. The third kappa shape index (κ3) is 4.74. The smallest absolute Gasteiger partial charge is 0.266 e. The quantitative estimate of drug-likeness (QED) is 0.429. The second-order valence-corrected chi connectivity index (χ2v) is 7.81. The summed E-state index contributed by atoms with van der Waals surface area (Å²) in [7, 11) is 0. The largest absolute Gasteiger partial charge is 0.492 e. The molecule has 1 atom stereocenters. The Morgan fingerprint density at radius 2 is 1.74 bits per heavy atom. The van der Waals surface area contributed by atoms with Gasteiger partial charge in [-0.2, -0.15) is 0 Å². The first kappa shape index (κ1) is 21.4. The number of hydrogen-bond acceptors (Lipinski definition) is 3. The summed E-state index contributed by atoms with van der Waals surface area (Å²) < 4.78 is 68.4. The topological polar surface area (TPSA) is 38.5 Å². The van der Waals surface area contributed by atoms with Gasteiger partial charge in [-0.05, 0) is 47.5 Å². The maximum absolute atomic E-state index is 13.4. The zero-order chi connectivity index (χ0) is 22.2. The van der Waals surface area contributed by atoms with Crippen molar-refractivity contribution in [3.63, 3.8) is 0 Å². The van der Waals surface area contributed by atoms with E-state index in [4.69, 9.17) is 10.5 Å². The van der Waals surface area contributed by atoms with Crippen molar-refractivity contribution >= 4 is 16.5 Å². The van der Waals surface area contributed by atoms with Crippen molar-refractivity contribution in [2.45, 2.75) is 24.8 Å². The van der Waals surface area contributed by atoms with E-state index in [0.29, 0.717) is 19.2 Å². The second kappa shape index (κ2) is 8.34. The Morgan fingerprint density at radius 1 is 0.968 bits per heavy atom. The Balaban J connectivity index is 0.000000217. The number of ether oxygens (including phenoxy) is 1. The van der Waals surface area contributed by atoms with E-state index in [1.807, 2.05) is 30.3 Å². The molecule has 0 amide bonds. The number of benzene rings is 3. The first-order chi connectivity index (χ1) is 14.7. The fourth-order valence-electron chi connectivity index (χ4n) is 3.84. The lowest BCUT2D eigenvalue weighted by molar-refractivity contribution is 0.0257. The van der Waals surface area contributed by atoms with E-state index in [1.54, 1.807) is 4.90 Å². The number of nitrogens with two attached hydrogens (primary N) is 1. The van der Waals surface area contributed by atoms with Gasteiger partial charge in [0.25, 0.3) is 5.92 Å². The Hall–Kier alpha value is -2.87. The van der Waals surface area contributed by atoms with Crippen molar-refractivity contribution < 1.29 is 26.7 Å². The van der Waals surface area contributed by atoms with Crippen molar-refractivity contribution in [3.05, 3.63) is 71.5 Å². The Labute approximate surface area is 176 Å². The first-order valence-corrected chi connectivity index (χ1v) is 9.89. The van der Waals surface area contributed by atoms with Gasteiger partial charge in [-0.15, -0.1) is 0 Å². The highest BCUT2D eigenvalue weighted by Crippen LogP contribution is 2.36. The van der Waals surface area contributed by atoms with Gasteiger partial charge >= 0.3 is 0 Å². The van der Waals surface area contributed by atoms with Crippen molar-refractivity contribution in [1.82, 2.24) is 0 Å². The van der Waals surface area contributed by atoms with Crippen LogP contribution >= 0.6 is 0 Å². The van der Waals surface area contributed by atoms with Crippen LogP contribution in [0.4, 0.5) is 27.6 Å². The summed E-state index contributed by atoms with van der Waals surface area (Å²) in [5.41, 5.74) is 7.93. The molecule has 0 spiro atoms. The van der Waals surface area contributed by atoms with Crippen LogP contribution in [0.3, 0.4) is 0 Å². The zero-order valence-corrected chi connectivity index (χ0v) is 16.6. The second-order valence-electron chi connectivity index (χ2n) is 7.81. The summed E-state index contributed by atoms with van der Waals surface area (Å²) in [5.74, 6) is -4.69. The maximum atomic E-state index is 13.4. The molecule has 2 aliphatic rings. The van der Waals surface area contributed by atoms with Gasteiger partial charge in [0.2, 0.25) is 0 Å². The van der Waals surface area contributed by atoms with Crippen LogP contribution in [0.15, 0.2) is 48.5 Å². The first-order valence-electron chi connectivity index (χ1n) is 9.89. The van der Waals surface area contributed by atoms with Crippen LogP contribution in [0.5, 0.6) is 5.75 Å². The average molecular weight is 436 g/mol. The number of rotatable bonds is 1. The van der Waals surface area contributed by atoms with Gasteiger partial charge in [-0.1, -0.05) is 12.1 Å². The highest BCUT2D eigenvalue weighted by molar-refractivity contribution is 5.91. The van der Waals surface area contributed by atoms with Gasteiger partial charge in [-0.3, -0.25) is 0 Å². The molecule has 1 fully saturated rings. The summed E-state index contributed by atoms with van der Waals surface area (Å²) in [6.07, 6.45) is 0.679. The molecule has 3 aromatic rings. The summed E-state index contributed by atoms with van der Waals surface area (Å²) in [6, 6.07) is 12.0. The fourth-order valence-corrected chi connectivity index (χ4v) is 3.84. The van der Waals surface area contributed by atoms with Crippen molar-refractivity contribution in [1.29, 1.82) is 0 Å². The summed E-state index contributed by atoms with van der Waals surface area (Å²) in [4.78, 5) is 1.75. The molecular weight excluding hydrogens is 415 g/mol. The van der Waals surface area contributed by atoms with Crippen LogP contribution in [0.2, 0.25) is 0 Å². The molecule has 1 saturated heterocycles. The molecular formula is C23H21F5N2O. The van der Waals surface area contributed by atoms with Crippen molar-refractivity contribution in [3.8, 4) is 5.75 Å². The molecule has 2 N–H and O–H groups in total. The molecule has 0 aliphatic carbocycles. The molecule has 31 heavy (non-hydrogen) atoms. The van der Waals surface area contributed by atoms with Crippen LogP contribution in [0.25, 0.3) is 10.8 Å². The molecule has 0 radical (unpaired) electrons. The van der Waals surface area contributed by atoms with E-state index >= 15 is 0 Å². The normalized spacial score (nSPS) is 19.4. The molecule has 3 aromatic carbocycles. The predicted octanol–water partition coefficient (Wildman–Crippen LogP) is 5.05. The zero-order valence-electron chi connectivity index (χ0n) is 16.6. The Morgan fingerprint density at radius 3 is 2.42 bits per heavy atom. The minimum Gasteiger partial charge on any atom is -0.492 e.